The highest BCUT2D eigenvalue weighted by Crippen LogP contribution is 2.31. The van der Waals surface area contributed by atoms with E-state index in [0.29, 0.717) is 39.2 Å². The van der Waals surface area contributed by atoms with Gasteiger partial charge in [-0.1, -0.05) is 35.9 Å². The molecule has 1 aliphatic heterocycles. The maximum atomic E-state index is 12.8. The van der Waals surface area contributed by atoms with Gasteiger partial charge in [0.2, 0.25) is 5.91 Å². The molecule has 1 heterocycles. The monoisotopic (exact) mass is 390 g/mol. The fourth-order valence-electron chi connectivity index (χ4n) is 3.18. The predicted octanol–water partition coefficient (Wildman–Crippen LogP) is 3.69. The zero-order valence-electron chi connectivity index (χ0n) is 15.6. The first-order valence-corrected chi connectivity index (χ1v) is 8.99. The Bertz CT molecular complexity index is 761. The number of benzene rings is 2. The van der Waals surface area contributed by atoms with Crippen LogP contribution in [0.25, 0.3) is 0 Å². The molecule has 0 radical (unpaired) electrons. The minimum absolute atomic E-state index is 0. The Balaban J connectivity index is 0.00000261. The Labute approximate surface area is 166 Å². The Morgan fingerprint density at radius 3 is 2.63 bits per heavy atom. The highest BCUT2D eigenvalue weighted by atomic mass is 35.5. The van der Waals surface area contributed by atoms with Gasteiger partial charge in [0.25, 0.3) is 0 Å². The van der Waals surface area contributed by atoms with Crippen LogP contribution < -0.4 is 15.8 Å². The number of hydrogen-bond acceptors (Lipinski definition) is 4. The molecule has 0 aliphatic carbocycles. The van der Waals surface area contributed by atoms with Crippen molar-refractivity contribution in [2.24, 2.45) is 11.1 Å². The van der Waals surface area contributed by atoms with Crippen molar-refractivity contribution in [3.05, 3.63) is 59.7 Å². The second-order valence-electron chi connectivity index (χ2n) is 6.86. The minimum Gasteiger partial charge on any atom is -0.489 e. The predicted molar refractivity (Wildman–Crippen MR) is 109 cm³/mol. The highest BCUT2D eigenvalue weighted by molar-refractivity contribution is 5.95. The summed E-state index contributed by atoms with van der Waals surface area (Å²) in [4.78, 5) is 12.8. The lowest BCUT2D eigenvalue weighted by atomic mass is 9.79. The van der Waals surface area contributed by atoms with E-state index in [1.165, 1.54) is 5.56 Å². The molecule has 3 N–H and O–H groups in total. The van der Waals surface area contributed by atoms with Gasteiger partial charge in [-0.3, -0.25) is 4.79 Å². The fraction of sp³-hybridized carbons (Fsp3) is 0.381. The van der Waals surface area contributed by atoms with Gasteiger partial charge >= 0.3 is 0 Å². The molecule has 0 unspecified atom stereocenters. The molecular weight excluding hydrogens is 364 g/mol. The second-order valence-corrected chi connectivity index (χ2v) is 6.86. The number of carbonyl (C=O) groups excluding carboxylic acids is 1. The average Bonchev–Trinajstić information content (AvgIpc) is 2.67. The molecule has 2 aromatic carbocycles. The molecule has 0 saturated carbocycles. The zero-order valence-corrected chi connectivity index (χ0v) is 16.4. The molecule has 146 valence electrons. The van der Waals surface area contributed by atoms with Gasteiger partial charge in [0, 0.05) is 31.5 Å². The van der Waals surface area contributed by atoms with E-state index in [1.807, 2.05) is 36.4 Å². The summed E-state index contributed by atoms with van der Waals surface area (Å²) in [5, 5.41) is 3.00. The standard InChI is InChI=1S/C21H26N2O3.ClH/c1-16-4-2-5-17(12-16)14-26-19-7-3-6-18(13-19)23-20(24)21(15-22)8-10-25-11-9-21;/h2-7,12-13H,8-11,14-15,22H2,1H3,(H,23,24);1H. The maximum absolute atomic E-state index is 12.8. The molecular formula is C21H27ClN2O3. The van der Waals surface area contributed by atoms with Crippen LogP contribution in [-0.4, -0.2) is 25.7 Å². The van der Waals surface area contributed by atoms with Crippen molar-refractivity contribution >= 4 is 24.0 Å². The summed E-state index contributed by atoms with van der Waals surface area (Å²) in [6.07, 6.45) is 1.30. The van der Waals surface area contributed by atoms with Crippen molar-refractivity contribution in [1.29, 1.82) is 0 Å². The molecule has 1 aliphatic rings. The molecule has 0 atom stereocenters. The van der Waals surface area contributed by atoms with Gasteiger partial charge in [0.05, 0.1) is 5.41 Å². The summed E-state index contributed by atoms with van der Waals surface area (Å²) in [5.74, 6) is 0.678. The Morgan fingerprint density at radius 2 is 1.93 bits per heavy atom. The van der Waals surface area contributed by atoms with Gasteiger partial charge in [-0.05, 0) is 37.5 Å². The molecule has 0 spiro atoms. The first-order valence-electron chi connectivity index (χ1n) is 8.99. The number of ether oxygens (including phenoxy) is 2. The molecule has 0 bridgehead atoms. The number of amides is 1. The summed E-state index contributed by atoms with van der Waals surface area (Å²) in [6, 6.07) is 15.7. The van der Waals surface area contributed by atoms with E-state index in [9.17, 15) is 4.79 Å². The topological polar surface area (TPSA) is 73.6 Å². The van der Waals surface area contributed by atoms with Gasteiger partial charge in [-0.25, -0.2) is 0 Å². The van der Waals surface area contributed by atoms with Crippen LogP contribution in [0.3, 0.4) is 0 Å². The molecule has 27 heavy (non-hydrogen) atoms. The Kier molecular flexibility index (Phi) is 7.66. The van der Waals surface area contributed by atoms with Crippen LogP contribution in [0.5, 0.6) is 5.75 Å². The number of carbonyl (C=O) groups is 1. The third kappa shape index (κ3) is 5.45. The van der Waals surface area contributed by atoms with Crippen molar-refractivity contribution in [3.8, 4) is 5.75 Å². The summed E-state index contributed by atoms with van der Waals surface area (Å²) < 4.78 is 11.2. The lowest BCUT2D eigenvalue weighted by molar-refractivity contribution is -0.130. The first-order chi connectivity index (χ1) is 12.6. The molecule has 5 nitrogen and oxygen atoms in total. The van der Waals surface area contributed by atoms with Crippen molar-refractivity contribution in [2.45, 2.75) is 26.4 Å². The van der Waals surface area contributed by atoms with E-state index in [-0.39, 0.29) is 18.3 Å². The van der Waals surface area contributed by atoms with Gasteiger partial charge in [-0.15, -0.1) is 12.4 Å². The number of aryl methyl sites for hydroxylation is 1. The first kappa shape index (κ1) is 21.2. The lowest BCUT2D eigenvalue weighted by Gasteiger charge is -2.34. The molecule has 2 aromatic rings. The summed E-state index contributed by atoms with van der Waals surface area (Å²) in [5.41, 5.74) is 8.40. The van der Waals surface area contributed by atoms with E-state index in [0.717, 1.165) is 17.0 Å². The van der Waals surface area contributed by atoms with Crippen LogP contribution in [0.2, 0.25) is 0 Å². The zero-order chi connectivity index (χ0) is 18.4. The van der Waals surface area contributed by atoms with Gasteiger partial charge in [0.1, 0.15) is 12.4 Å². The van der Waals surface area contributed by atoms with Crippen LogP contribution in [0, 0.1) is 12.3 Å². The van der Waals surface area contributed by atoms with Crippen LogP contribution in [0.4, 0.5) is 5.69 Å². The van der Waals surface area contributed by atoms with E-state index >= 15 is 0 Å². The molecule has 3 rings (SSSR count). The van der Waals surface area contributed by atoms with E-state index in [1.54, 1.807) is 0 Å². The van der Waals surface area contributed by atoms with E-state index in [4.69, 9.17) is 15.2 Å². The largest absolute Gasteiger partial charge is 0.489 e. The number of nitrogens with one attached hydrogen (secondary N) is 1. The Hall–Kier alpha value is -2.08. The van der Waals surface area contributed by atoms with Crippen molar-refractivity contribution in [3.63, 3.8) is 0 Å². The quantitative estimate of drug-likeness (QED) is 0.788. The molecule has 1 amide bonds. The van der Waals surface area contributed by atoms with Crippen LogP contribution >= 0.6 is 12.4 Å². The molecule has 0 aromatic heterocycles. The number of anilines is 1. The minimum atomic E-state index is -0.545. The third-order valence-corrected chi connectivity index (χ3v) is 4.90. The van der Waals surface area contributed by atoms with Crippen LogP contribution in [0.15, 0.2) is 48.5 Å². The van der Waals surface area contributed by atoms with Crippen molar-refractivity contribution in [2.75, 3.05) is 25.1 Å². The third-order valence-electron chi connectivity index (χ3n) is 4.90. The van der Waals surface area contributed by atoms with Crippen LogP contribution in [-0.2, 0) is 16.1 Å². The highest BCUT2D eigenvalue weighted by Gasteiger charge is 2.38. The normalized spacial score (nSPS) is 15.5. The summed E-state index contributed by atoms with van der Waals surface area (Å²) in [6.45, 7) is 4.02. The molecule has 1 fully saturated rings. The molecule has 1 saturated heterocycles. The number of hydrogen-bond donors (Lipinski definition) is 2. The fourth-order valence-corrected chi connectivity index (χ4v) is 3.18. The smallest absolute Gasteiger partial charge is 0.232 e. The van der Waals surface area contributed by atoms with Gasteiger partial charge in [0.15, 0.2) is 0 Å². The number of halogens is 1. The van der Waals surface area contributed by atoms with Crippen molar-refractivity contribution in [1.82, 2.24) is 0 Å². The van der Waals surface area contributed by atoms with E-state index in [2.05, 4.69) is 24.4 Å². The SMILES string of the molecule is Cc1cccc(COc2cccc(NC(=O)C3(CN)CCOCC3)c2)c1.Cl. The molecule has 6 heteroatoms. The van der Waals surface area contributed by atoms with Gasteiger partial charge < -0.3 is 20.5 Å². The Morgan fingerprint density at radius 1 is 1.19 bits per heavy atom. The van der Waals surface area contributed by atoms with E-state index < -0.39 is 5.41 Å². The van der Waals surface area contributed by atoms with Gasteiger partial charge in [-0.2, -0.15) is 0 Å². The summed E-state index contributed by atoms with van der Waals surface area (Å²) >= 11 is 0. The average molecular weight is 391 g/mol. The second kappa shape index (κ2) is 9.74. The number of nitrogens with two attached hydrogens (primary N) is 1. The summed E-state index contributed by atoms with van der Waals surface area (Å²) in [7, 11) is 0. The lowest BCUT2D eigenvalue weighted by Crippen LogP contribution is -2.46. The maximum Gasteiger partial charge on any atom is 0.232 e. The number of rotatable bonds is 6. The van der Waals surface area contributed by atoms with Crippen molar-refractivity contribution < 1.29 is 14.3 Å². The van der Waals surface area contributed by atoms with Crippen LogP contribution in [0.1, 0.15) is 24.0 Å².